The second-order valence-corrected chi connectivity index (χ2v) is 9.50. The second-order valence-electron chi connectivity index (χ2n) is 7.47. The molecule has 0 saturated carbocycles. The molecule has 2 aromatic carbocycles. The third kappa shape index (κ3) is 5.33. The van der Waals surface area contributed by atoms with Crippen LogP contribution < -0.4 is 10.1 Å². The quantitative estimate of drug-likeness (QED) is 0.649. The van der Waals surface area contributed by atoms with Gasteiger partial charge in [0.1, 0.15) is 5.75 Å². The highest BCUT2D eigenvalue weighted by atomic mass is 32.2. The van der Waals surface area contributed by atoms with Crippen molar-refractivity contribution in [3.8, 4) is 5.75 Å². The number of sulfone groups is 1. The highest BCUT2D eigenvalue weighted by molar-refractivity contribution is 7.92. The van der Waals surface area contributed by atoms with Crippen LogP contribution in [0.2, 0.25) is 0 Å². The van der Waals surface area contributed by atoms with E-state index in [0.29, 0.717) is 19.5 Å². The molecule has 176 valence electrons. The molecule has 10 heteroatoms. The van der Waals surface area contributed by atoms with Gasteiger partial charge in [-0.15, -0.1) is 0 Å². The lowest BCUT2D eigenvalue weighted by Gasteiger charge is -2.36. The number of rotatable bonds is 7. The van der Waals surface area contributed by atoms with Crippen LogP contribution in [0.5, 0.6) is 5.75 Å². The number of ether oxygens (including phenoxy) is 1. The Balaban J connectivity index is 1.90. The summed E-state index contributed by atoms with van der Waals surface area (Å²) < 4.78 is 32.0. The largest absolute Gasteiger partial charge is 0.496 e. The fourth-order valence-corrected chi connectivity index (χ4v) is 5.10. The number of carbonyl (C=O) groups is 3. The molecule has 1 N–H and O–H groups in total. The van der Waals surface area contributed by atoms with Gasteiger partial charge < -0.3 is 19.9 Å². The standard InChI is InChI=1S/C23H27N3O6S/c1-3-20(27)25-13-15-26(16-14-25)23(29)22(33(30,31)17-9-5-4-6-10-17)24-21(28)18-11-7-8-12-19(18)32-2/h4-12,22H,3,13-16H2,1-2H3,(H,24,28). The number of nitrogens with one attached hydrogen (secondary N) is 1. The zero-order valence-corrected chi connectivity index (χ0v) is 19.4. The summed E-state index contributed by atoms with van der Waals surface area (Å²) in [7, 11) is -2.86. The number of nitrogens with zero attached hydrogens (tertiary/aromatic N) is 2. The minimum atomic E-state index is -4.25. The number of amides is 3. The van der Waals surface area contributed by atoms with E-state index in [2.05, 4.69) is 5.32 Å². The van der Waals surface area contributed by atoms with Gasteiger partial charge in [-0.1, -0.05) is 37.3 Å². The third-order valence-electron chi connectivity index (χ3n) is 5.47. The first-order valence-corrected chi connectivity index (χ1v) is 12.1. The van der Waals surface area contributed by atoms with Crippen molar-refractivity contribution in [3.63, 3.8) is 0 Å². The molecule has 3 amide bonds. The SMILES string of the molecule is CCC(=O)N1CCN(C(=O)C(NC(=O)c2ccccc2OC)S(=O)(=O)c2ccccc2)CC1. The molecule has 3 rings (SSSR count). The van der Waals surface area contributed by atoms with E-state index in [1.807, 2.05) is 0 Å². The van der Waals surface area contributed by atoms with Crippen molar-refractivity contribution in [2.45, 2.75) is 23.6 Å². The van der Waals surface area contributed by atoms with Gasteiger partial charge in [-0.05, 0) is 24.3 Å². The van der Waals surface area contributed by atoms with E-state index >= 15 is 0 Å². The van der Waals surface area contributed by atoms with Crippen LogP contribution in [0, 0.1) is 0 Å². The Morgan fingerprint density at radius 3 is 2.12 bits per heavy atom. The van der Waals surface area contributed by atoms with Gasteiger partial charge in [-0.25, -0.2) is 8.42 Å². The van der Waals surface area contributed by atoms with Crippen molar-refractivity contribution in [1.82, 2.24) is 15.1 Å². The number of piperazine rings is 1. The average Bonchev–Trinajstić information content (AvgIpc) is 2.86. The minimum Gasteiger partial charge on any atom is -0.496 e. The zero-order chi connectivity index (χ0) is 24.0. The lowest BCUT2D eigenvalue weighted by molar-refractivity contribution is -0.139. The lowest BCUT2D eigenvalue weighted by Crippen LogP contribution is -2.57. The highest BCUT2D eigenvalue weighted by Crippen LogP contribution is 2.21. The average molecular weight is 474 g/mol. The molecule has 33 heavy (non-hydrogen) atoms. The summed E-state index contributed by atoms with van der Waals surface area (Å²) in [5.41, 5.74) is 0.111. The maximum atomic E-state index is 13.4. The van der Waals surface area contributed by atoms with Crippen molar-refractivity contribution in [1.29, 1.82) is 0 Å². The van der Waals surface area contributed by atoms with Gasteiger partial charge in [0.15, 0.2) is 0 Å². The van der Waals surface area contributed by atoms with Crippen molar-refractivity contribution < 1.29 is 27.5 Å². The Hall–Kier alpha value is -3.40. The molecule has 0 spiro atoms. The van der Waals surface area contributed by atoms with E-state index in [-0.39, 0.29) is 35.2 Å². The normalized spacial score (nSPS) is 15.0. The zero-order valence-electron chi connectivity index (χ0n) is 18.6. The Morgan fingerprint density at radius 2 is 1.52 bits per heavy atom. The Labute approximate surface area is 193 Å². The molecule has 1 aliphatic heterocycles. The van der Waals surface area contributed by atoms with Gasteiger partial charge in [0.2, 0.25) is 21.1 Å². The Bertz CT molecular complexity index is 1110. The van der Waals surface area contributed by atoms with Gasteiger partial charge in [0.25, 0.3) is 11.8 Å². The number of benzene rings is 2. The van der Waals surface area contributed by atoms with Crippen LogP contribution in [0.1, 0.15) is 23.7 Å². The highest BCUT2D eigenvalue weighted by Gasteiger charge is 2.39. The fraction of sp³-hybridized carbons (Fsp3) is 0.348. The Morgan fingerprint density at radius 1 is 0.939 bits per heavy atom. The van der Waals surface area contributed by atoms with Crippen LogP contribution in [0.3, 0.4) is 0 Å². The molecule has 9 nitrogen and oxygen atoms in total. The fourth-order valence-electron chi connectivity index (χ4n) is 3.61. The van der Waals surface area contributed by atoms with E-state index in [0.717, 1.165) is 0 Å². The summed E-state index contributed by atoms with van der Waals surface area (Å²) in [4.78, 5) is 41.3. The van der Waals surface area contributed by atoms with Crippen molar-refractivity contribution in [2.75, 3.05) is 33.3 Å². The number of methoxy groups -OCH3 is 1. The summed E-state index contributed by atoms with van der Waals surface area (Å²) in [6.45, 7) is 2.72. The Kier molecular flexibility index (Phi) is 7.70. The van der Waals surface area contributed by atoms with Gasteiger partial charge in [0.05, 0.1) is 17.6 Å². The molecule has 1 heterocycles. The topological polar surface area (TPSA) is 113 Å². The van der Waals surface area contributed by atoms with Gasteiger partial charge in [-0.2, -0.15) is 0 Å². The summed E-state index contributed by atoms with van der Waals surface area (Å²) in [6, 6.07) is 13.9. The molecule has 1 saturated heterocycles. The number of carbonyl (C=O) groups excluding carboxylic acids is 3. The number of hydrogen-bond donors (Lipinski definition) is 1. The van der Waals surface area contributed by atoms with Crippen molar-refractivity contribution in [2.24, 2.45) is 0 Å². The van der Waals surface area contributed by atoms with E-state index < -0.39 is 27.0 Å². The predicted octanol–water partition coefficient (Wildman–Crippen LogP) is 1.31. The molecular formula is C23H27N3O6S. The van der Waals surface area contributed by atoms with Crippen LogP contribution in [-0.2, 0) is 19.4 Å². The smallest absolute Gasteiger partial charge is 0.261 e. The molecule has 1 aliphatic rings. The molecule has 1 fully saturated rings. The molecule has 0 radical (unpaired) electrons. The van der Waals surface area contributed by atoms with E-state index in [4.69, 9.17) is 4.74 Å². The van der Waals surface area contributed by atoms with Crippen LogP contribution in [0.4, 0.5) is 0 Å². The first-order valence-electron chi connectivity index (χ1n) is 10.6. The van der Waals surface area contributed by atoms with Crippen LogP contribution in [-0.4, -0.2) is 74.6 Å². The van der Waals surface area contributed by atoms with E-state index in [1.54, 1.807) is 48.2 Å². The first-order chi connectivity index (χ1) is 15.8. The predicted molar refractivity (Wildman–Crippen MR) is 121 cm³/mol. The summed E-state index contributed by atoms with van der Waals surface area (Å²) in [5, 5.41) is 0.582. The minimum absolute atomic E-state index is 0.0277. The van der Waals surface area contributed by atoms with Crippen LogP contribution in [0.25, 0.3) is 0 Å². The molecule has 0 aromatic heterocycles. The van der Waals surface area contributed by atoms with Gasteiger partial charge in [-0.3, -0.25) is 14.4 Å². The van der Waals surface area contributed by atoms with Crippen molar-refractivity contribution in [3.05, 3.63) is 60.2 Å². The van der Waals surface area contributed by atoms with E-state index in [1.165, 1.54) is 30.2 Å². The molecule has 1 unspecified atom stereocenters. The summed E-state index contributed by atoms with van der Waals surface area (Å²) in [5.74, 6) is -1.26. The van der Waals surface area contributed by atoms with Gasteiger partial charge in [0, 0.05) is 32.6 Å². The molecule has 0 bridgehead atoms. The number of para-hydroxylation sites is 1. The van der Waals surface area contributed by atoms with Gasteiger partial charge >= 0.3 is 0 Å². The summed E-state index contributed by atoms with van der Waals surface area (Å²) in [6.07, 6.45) is 0.355. The monoisotopic (exact) mass is 473 g/mol. The molecular weight excluding hydrogens is 446 g/mol. The molecule has 2 aromatic rings. The maximum Gasteiger partial charge on any atom is 0.261 e. The lowest BCUT2D eigenvalue weighted by atomic mass is 10.2. The first kappa shape index (κ1) is 24.2. The summed E-state index contributed by atoms with van der Waals surface area (Å²) >= 11 is 0. The molecule has 1 atom stereocenters. The third-order valence-corrected chi connectivity index (χ3v) is 7.34. The number of hydrogen-bond acceptors (Lipinski definition) is 6. The second kappa shape index (κ2) is 10.5. The maximum absolute atomic E-state index is 13.4. The van der Waals surface area contributed by atoms with Crippen molar-refractivity contribution >= 4 is 27.6 Å². The van der Waals surface area contributed by atoms with E-state index in [9.17, 15) is 22.8 Å². The molecule has 0 aliphatic carbocycles. The van der Waals surface area contributed by atoms with Crippen LogP contribution >= 0.6 is 0 Å². The van der Waals surface area contributed by atoms with Crippen LogP contribution in [0.15, 0.2) is 59.5 Å².